The van der Waals surface area contributed by atoms with E-state index in [-0.39, 0.29) is 17.7 Å². The first kappa shape index (κ1) is 18.4. The van der Waals surface area contributed by atoms with Gasteiger partial charge in [-0.25, -0.2) is 0 Å². The van der Waals surface area contributed by atoms with Crippen LogP contribution in [0.15, 0.2) is 35.4 Å². The number of aromatic amines is 1. The number of H-pyrrole nitrogens is 1. The summed E-state index contributed by atoms with van der Waals surface area (Å²) in [4.78, 5) is 27.5. The van der Waals surface area contributed by atoms with Crippen molar-refractivity contribution in [2.24, 2.45) is 5.10 Å². The van der Waals surface area contributed by atoms with E-state index in [0.717, 1.165) is 35.5 Å². The Morgan fingerprint density at radius 3 is 2.57 bits per heavy atom. The Bertz CT molecular complexity index is 914. The van der Waals surface area contributed by atoms with Crippen LogP contribution in [0.4, 0.5) is 5.69 Å². The standard InChI is InChI=1S/C21H25N5O2/c1-13-20(14(2)23-22-13)18-10-7-11-25(18)21(28)17-12-19(15(3)27)26(24-17)16-8-5-4-6-9-16/h4-6,8-9,18-19H,7,10-12H2,1-3H3,(H,22,23)/t18-,19-/m0/s1. The SMILES string of the molecule is CC(=O)[C@@H]1CC(C(=O)N2CCC[C@H]2c2c(C)n[nH]c2C)=NN1c1ccccc1. The minimum Gasteiger partial charge on any atom is -0.330 e. The molecule has 0 aliphatic carbocycles. The first-order valence-electron chi connectivity index (χ1n) is 9.72. The van der Waals surface area contributed by atoms with Gasteiger partial charge < -0.3 is 4.90 Å². The molecule has 2 atom stereocenters. The van der Waals surface area contributed by atoms with E-state index < -0.39 is 6.04 Å². The van der Waals surface area contributed by atoms with Crippen LogP contribution in [0.25, 0.3) is 0 Å². The van der Waals surface area contributed by atoms with Gasteiger partial charge in [0.15, 0.2) is 5.78 Å². The molecule has 0 radical (unpaired) electrons. The van der Waals surface area contributed by atoms with Crippen LogP contribution in [0.2, 0.25) is 0 Å². The summed E-state index contributed by atoms with van der Waals surface area (Å²) in [7, 11) is 0. The molecule has 1 aromatic heterocycles. The highest BCUT2D eigenvalue weighted by molar-refractivity contribution is 6.40. The number of anilines is 1. The second-order valence-electron chi connectivity index (χ2n) is 7.56. The highest BCUT2D eigenvalue weighted by Gasteiger charge is 2.40. The Hall–Kier alpha value is -2.96. The molecule has 1 amide bonds. The summed E-state index contributed by atoms with van der Waals surface area (Å²) in [5, 5.41) is 13.6. The predicted octanol–water partition coefficient (Wildman–Crippen LogP) is 2.91. The maximum Gasteiger partial charge on any atom is 0.270 e. The van der Waals surface area contributed by atoms with E-state index in [1.165, 1.54) is 0 Å². The van der Waals surface area contributed by atoms with E-state index in [4.69, 9.17) is 0 Å². The molecule has 1 saturated heterocycles. The summed E-state index contributed by atoms with van der Waals surface area (Å²) in [6.45, 7) is 6.21. The zero-order valence-corrected chi connectivity index (χ0v) is 16.5. The van der Waals surface area contributed by atoms with Crippen LogP contribution in [0.1, 0.15) is 49.2 Å². The molecule has 2 aromatic rings. The number of nitrogens with zero attached hydrogens (tertiary/aromatic N) is 4. The van der Waals surface area contributed by atoms with Crippen molar-refractivity contribution in [3.63, 3.8) is 0 Å². The summed E-state index contributed by atoms with van der Waals surface area (Å²) in [6.07, 6.45) is 2.21. The quantitative estimate of drug-likeness (QED) is 0.886. The lowest BCUT2D eigenvalue weighted by Crippen LogP contribution is -2.37. The Kier molecular flexibility index (Phi) is 4.75. The summed E-state index contributed by atoms with van der Waals surface area (Å²) >= 11 is 0. The minimum absolute atomic E-state index is 0.00917. The van der Waals surface area contributed by atoms with Gasteiger partial charge in [0.1, 0.15) is 11.8 Å². The molecule has 4 rings (SSSR count). The third kappa shape index (κ3) is 3.10. The Labute approximate surface area is 164 Å². The number of likely N-dealkylation sites (tertiary alicyclic amines) is 1. The average Bonchev–Trinajstić information content (AvgIpc) is 3.40. The summed E-state index contributed by atoms with van der Waals surface area (Å²) in [5.41, 5.74) is 4.32. The highest BCUT2D eigenvalue weighted by atomic mass is 16.2. The van der Waals surface area contributed by atoms with Gasteiger partial charge in [0.2, 0.25) is 0 Å². The van der Waals surface area contributed by atoms with Crippen molar-refractivity contribution in [3.05, 3.63) is 47.3 Å². The molecule has 1 aromatic carbocycles. The number of rotatable bonds is 4. The fraction of sp³-hybridized carbons (Fsp3) is 0.429. The second kappa shape index (κ2) is 7.22. The monoisotopic (exact) mass is 379 g/mol. The number of ketones is 1. The number of nitrogens with one attached hydrogen (secondary N) is 1. The fourth-order valence-electron chi connectivity index (χ4n) is 4.30. The number of Topliss-reactive ketones (excluding diaryl/α,β-unsaturated/α-hetero) is 1. The maximum atomic E-state index is 13.3. The molecule has 28 heavy (non-hydrogen) atoms. The molecular formula is C21H25N5O2. The van der Waals surface area contributed by atoms with Crippen LogP contribution < -0.4 is 5.01 Å². The topological polar surface area (TPSA) is 81.7 Å². The van der Waals surface area contributed by atoms with Gasteiger partial charge >= 0.3 is 0 Å². The number of para-hydroxylation sites is 1. The number of benzene rings is 1. The molecule has 2 aliphatic rings. The van der Waals surface area contributed by atoms with E-state index in [1.807, 2.05) is 49.1 Å². The van der Waals surface area contributed by atoms with Crippen molar-refractivity contribution in [2.75, 3.05) is 11.6 Å². The van der Waals surface area contributed by atoms with Crippen LogP contribution in [-0.4, -0.2) is 45.1 Å². The fourth-order valence-corrected chi connectivity index (χ4v) is 4.30. The lowest BCUT2D eigenvalue weighted by atomic mass is 10.0. The number of hydrogen-bond donors (Lipinski definition) is 1. The van der Waals surface area contributed by atoms with Crippen molar-refractivity contribution < 1.29 is 9.59 Å². The van der Waals surface area contributed by atoms with Crippen LogP contribution in [0, 0.1) is 13.8 Å². The lowest BCUT2D eigenvalue weighted by molar-refractivity contribution is -0.125. The number of hydrazone groups is 1. The van der Waals surface area contributed by atoms with E-state index in [0.29, 0.717) is 18.7 Å². The Morgan fingerprint density at radius 2 is 1.93 bits per heavy atom. The van der Waals surface area contributed by atoms with E-state index in [9.17, 15) is 9.59 Å². The van der Waals surface area contributed by atoms with Gasteiger partial charge in [0.25, 0.3) is 5.91 Å². The summed E-state index contributed by atoms with van der Waals surface area (Å²) in [5.74, 6) is -0.0675. The highest BCUT2D eigenvalue weighted by Crippen LogP contribution is 2.36. The largest absolute Gasteiger partial charge is 0.330 e. The van der Waals surface area contributed by atoms with Crippen LogP contribution >= 0.6 is 0 Å². The Balaban J connectivity index is 1.63. The molecule has 0 bridgehead atoms. The number of hydrogen-bond acceptors (Lipinski definition) is 5. The molecule has 2 aliphatic heterocycles. The molecule has 1 fully saturated rings. The Morgan fingerprint density at radius 1 is 1.18 bits per heavy atom. The molecule has 0 unspecified atom stereocenters. The van der Waals surface area contributed by atoms with Crippen molar-refractivity contribution >= 4 is 23.1 Å². The number of amides is 1. The van der Waals surface area contributed by atoms with Gasteiger partial charge in [-0.2, -0.15) is 10.2 Å². The second-order valence-corrected chi connectivity index (χ2v) is 7.56. The van der Waals surface area contributed by atoms with Gasteiger partial charge in [-0.1, -0.05) is 18.2 Å². The zero-order valence-electron chi connectivity index (χ0n) is 16.5. The van der Waals surface area contributed by atoms with E-state index in [2.05, 4.69) is 15.3 Å². The normalized spacial score (nSPS) is 21.9. The average molecular weight is 379 g/mol. The maximum absolute atomic E-state index is 13.3. The third-order valence-corrected chi connectivity index (χ3v) is 5.68. The molecular weight excluding hydrogens is 354 g/mol. The zero-order chi connectivity index (χ0) is 19.8. The van der Waals surface area contributed by atoms with Gasteiger partial charge in [-0.15, -0.1) is 0 Å². The van der Waals surface area contributed by atoms with Crippen molar-refractivity contribution in [2.45, 2.75) is 52.1 Å². The number of aryl methyl sites for hydroxylation is 2. The molecule has 0 saturated carbocycles. The van der Waals surface area contributed by atoms with Crippen LogP contribution in [0.5, 0.6) is 0 Å². The first-order chi connectivity index (χ1) is 13.5. The van der Waals surface area contributed by atoms with Gasteiger partial charge in [0.05, 0.1) is 17.4 Å². The molecule has 1 N–H and O–H groups in total. The number of carbonyl (C=O) groups excluding carboxylic acids is 2. The molecule has 7 heteroatoms. The minimum atomic E-state index is -0.431. The van der Waals surface area contributed by atoms with E-state index in [1.54, 1.807) is 11.9 Å². The lowest BCUT2D eigenvalue weighted by Gasteiger charge is -2.25. The van der Waals surface area contributed by atoms with Crippen molar-refractivity contribution in [1.29, 1.82) is 0 Å². The third-order valence-electron chi connectivity index (χ3n) is 5.68. The molecule has 7 nitrogen and oxygen atoms in total. The van der Waals surface area contributed by atoms with Crippen molar-refractivity contribution in [1.82, 2.24) is 15.1 Å². The number of carbonyl (C=O) groups is 2. The summed E-state index contributed by atoms with van der Waals surface area (Å²) in [6, 6.07) is 9.12. The van der Waals surface area contributed by atoms with Crippen LogP contribution in [-0.2, 0) is 9.59 Å². The van der Waals surface area contributed by atoms with Gasteiger partial charge in [-0.05, 0) is 45.7 Å². The van der Waals surface area contributed by atoms with E-state index >= 15 is 0 Å². The molecule has 3 heterocycles. The van der Waals surface area contributed by atoms with Gasteiger partial charge in [0, 0.05) is 24.2 Å². The van der Waals surface area contributed by atoms with Crippen LogP contribution in [0.3, 0.4) is 0 Å². The predicted molar refractivity (Wildman–Crippen MR) is 107 cm³/mol. The smallest absolute Gasteiger partial charge is 0.270 e. The molecule has 146 valence electrons. The molecule has 0 spiro atoms. The summed E-state index contributed by atoms with van der Waals surface area (Å²) < 4.78 is 0. The van der Waals surface area contributed by atoms with Crippen molar-refractivity contribution in [3.8, 4) is 0 Å². The first-order valence-corrected chi connectivity index (χ1v) is 9.72. The van der Waals surface area contributed by atoms with Gasteiger partial charge in [-0.3, -0.25) is 19.7 Å². The number of aromatic nitrogens is 2.